The van der Waals surface area contributed by atoms with Crippen molar-refractivity contribution in [2.75, 3.05) is 14.1 Å². The quantitative estimate of drug-likeness (QED) is 0.707. The number of rotatable bonds is 1. The summed E-state index contributed by atoms with van der Waals surface area (Å²) in [6, 6.07) is 5.86. The van der Waals surface area contributed by atoms with E-state index in [0.717, 1.165) is 0 Å². The van der Waals surface area contributed by atoms with Gasteiger partial charge >= 0.3 is 0 Å². The number of amides is 1. The van der Waals surface area contributed by atoms with Gasteiger partial charge in [0.1, 0.15) is 0 Å². The second-order valence-electron chi connectivity index (χ2n) is 2.72. The highest BCUT2D eigenvalue weighted by molar-refractivity contribution is 6.43. The third-order valence-electron chi connectivity index (χ3n) is 1.53. The lowest BCUT2D eigenvalue weighted by atomic mass is 10.2. The van der Waals surface area contributed by atoms with Gasteiger partial charge in [-0.3, -0.25) is 4.79 Å². The van der Waals surface area contributed by atoms with Crippen LogP contribution >= 0.6 is 23.2 Å². The second kappa shape index (κ2) is 3.99. The molecule has 1 aromatic rings. The molecule has 0 unspecified atom stereocenters. The first-order valence-corrected chi connectivity index (χ1v) is 4.37. The lowest BCUT2D eigenvalue weighted by molar-refractivity contribution is 0.0828. The van der Waals surface area contributed by atoms with Crippen molar-refractivity contribution >= 4 is 29.1 Å². The van der Waals surface area contributed by atoms with Crippen LogP contribution in [-0.4, -0.2) is 24.9 Å². The largest absolute Gasteiger partial charge is 0.345 e. The summed E-state index contributed by atoms with van der Waals surface area (Å²) >= 11 is 11.5. The minimum atomic E-state index is -0.166. The van der Waals surface area contributed by atoms with Crippen molar-refractivity contribution in [1.29, 1.82) is 0 Å². The van der Waals surface area contributed by atoms with Crippen LogP contribution in [0.25, 0.3) is 0 Å². The summed E-state index contributed by atoms with van der Waals surface area (Å²) in [6.45, 7) is 0. The first kappa shape index (κ1) is 10.4. The maximum Gasteiger partial charge on any atom is 0.254 e. The van der Waals surface area contributed by atoms with Gasteiger partial charge in [-0.05, 0) is 6.07 Å². The minimum Gasteiger partial charge on any atom is -0.345 e. The standard InChI is InChI=1S/C9H8Cl2NO/c1-12(2)9(13)6-4-3-5-7(10)8(6)11/h3-4H,1-2H3. The molecule has 0 aliphatic heterocycles. The molecular formula is C9H8Cl2NO. The zero-order valence-corrected chi connectivity index (χ0v) is 8.78. The average Bonchev–Trinajstić information content (AvgIpc) is 2.08. The molecule has 0 bridgehead atoms. The fraction of sp³-hybridized carbons (Fsp3) is 0.222. The van der Waals surface area contributed by atoms with Gasteiger partial charge < -0.3 is 4.90 Å². The summed E-state index contributed by atoms with van der Waals surface area (Å²) < 4.78 is 0. The lowest BCUT2D eigenvalue weighted by Gasteiger charge is -2.11. The van der Waals surface area contributed by atoms with Gasteiger partial charge in [-0.15, -0.1) is 0 Å². The third kappa shape index (κ3) is 2.14. The molecule has 2 nitrogen and oxygen atoms in total. The molecule has 1 radical (unpaired) electrons. The zero-order valence-electron chi connectivity index (χ0n) is 7.27. The summed E-state index contributed by atoms with van der Waals surface area (Å²) in [6.07, 6.45) is 0. The highest BCUT2D eigenvalue weighted by atomic mass is 35.5. The van der Waals surface area contributed by atoms with Crippen LogP contribution in [0.2, 0.25) is 10.0 Å². The molecule has 69 valence electrons. The van der Waals surface area contributed by atoms with E-state index in [-0.39, 0.29) is 16.0 Å². The third-order valence-corrected chi connectivity index (χ3v) is 2.31. The topological polar surface area (TPSA) is 20.3 Å². The van der Waals surface area contributed by atoms with E-state index in [4.69, 9.17) is 23.2 Å². The Labute approximate surface area is 87.1 Å². The maximum absolute atomic E-state index is 11.5. The number of carbonyl (C=O) groups excluding carboxylic acids is 1. The Balaban J connectivity index is 3.15. The van der Waals surface area contributed by atoms with E-state index in [1.165, 1.54) is 4.90 Å². The summed E-state index contributed by atoms with van der Waals surface area (Å²) in [4.78, 5) is 12.9. The molecule has 0 aliphatic carbocycles. The van der Waals surface area contributed by atoms with Gasteiger partial charge in [-0.1, -0.05) is 29.3 Å². The Morgan fingerprint density at radius 2 is 2.08 bits per heavy atom. The van der Waals surface area contributed by atoms with Crippen molar-refractivity contribution in [1.82, 2.24) is 4.90 Å². The zero-order chi connectivity index (χ0) is 10.0. The fourth-order valence-electron chi connectivity index (χ4n) is 0.859. The molecule has 0 saturated carbocycles. The Morgan fingerprint density at radius 1 is 1.46 bits per heavy atom. The minimum absolute atomic E-state index is 0.166. The van der Waals surface area contributed by atoms with Crippen LogP contribution in [0.15, 0.2) is 12.1 Å². The smallest absolute Gasteiger partial charge is 0.254 e. The van der Waals surface area contributed by atoms with Crippen LogP contribution in [0.1, 0.15) is 10.4 Å². The number of hydrogen-bond donors (Lipinski definition) is 0. The van der Waals surface area contributed by atoms with E-state index in [2.05, 4.69) is 6.07 Å². The summed E-state index contributed by atoms with van der Waals surface area (Å²) in [7, 11) is 3.31. The van der Waals surface area contributed by atoms with Gasteiger partial charge in [0.2, 0.25) is 0 Å². The first-order chi connectivity index (χ1) is 6.04. The molecule has 1 aromatic carbocycles. The summed E-state index contributed by atoms with van der Waals surface area (Å²) in [5.74, 6) is -0.166. The number of halogens is 2. The molecule has 1 rings (SSSR count). The molecule has 0 atom stereocenters. The molecule has 0 N–H and O–H groups in total. The molecular weight excluding hydrogens is 209 g/mol. The number of benzene rings is 1. The second-order valence-corrected chi connectivity index (χ2v) is 3.47. The van der Waals surface area contributed by atoms with Crippen LogP contribution in [-0.2, 0) is 0 Å². The predicted octanol–water partition coefficient (Wildman–Crippen LogP) is 2.50. The molecule has 0 spiro atoms. The molecule has 0 aliphatic rings. The van der Waals surface area contributed by atoms with E-state index in [1.807, 2.05) is 0 Å². The molecule has 0 saturated heterocycles. The number of hydrogen-bond acceptors (Lipinski definition) is 1. The van der Waals surface area contributed by atoms with Gasteiger partial charge in [0.25, 0.3) is 5.91 Å². The van der Waals surface area contributed by atoms with Crippen LogP contribution in [0.4, 0.5) is 0 Å². The average molecular weight is 217 g/mol. The molecule has 4 heteroatoms. The van der Waals surface area contributed by atoms with Crippen molar-refractivity contribution in [3.8, 4) is 0 Å². The monoisotopic (exact) mass is 216 g/mol. The van der Waals surface area contributed by atoms with Crippen LogP contribution in [0.5, 0.6) is 0 Å². The van der Waals surface area contributed by atoms with Gasteiger partial charge in [-0.2, -0.15) is 0 Å². The molecule has 13 heavy (non-hydrogen) atoms. The van der Waals surface area contributed by atoms with Crippen molar-refractivity contribution < 1.29 is 4.79 Å². The highest BCUT2D eigenvalue weighted by Crippen LogP contribution is 2.25. The Kier molecular flexibility index (Phi) is 3.17. The van der Waals surface area contributed by atoms with E-state index in [0.29, 0.717) is 5.56 Å². The highest BCUT2D eigenvalue weighted by Gasteiger charge is 2.13. The SMILES string of the molecule is CN(C)C(=O)c1cc[c]c(Cl)c1Cl. The Bertz CT molecular complexity index is 336. The van der Waals surface area contributed by atoms with E-state index in [9.17, 15) is 4.79 Å². The Hall–Kier alpha value is -0.730. The van der Waals surface area contributed by atoms with Crippen LogP contribution in [0.3, 0.4) is 0 Å². The van der Waals surface area contributed by atoms with Gasteiger partial charge in [-0.25, -0.2) is 0 Å². The van der Waals surface area contributed by atoms with Crippen LogP contribution < -0.4 is 0 Å². The van der Waals surface area contributed by atoms with Gasteiger partial charge in [0.15, 0.2) is 0 Å². The number of carbonyl (C=O) groups is 1. The van der Waals surface area contributed by atoms with Gasteiger partial charge in [0.05, 0.1) is 15.6 Å². The Morgan fingerprint density at radius 3 is 2.62 bits per heavy atom. The fourth-order valence-corrected chi connectivity index (χ4v) is 1.22. The molecule has 0 fully saturated rings. The van der Waals surface area contributed by atoms with E-state index >= 15 is 0 Å². The predicted molar refractivity (Wildman–Crippen MR) is 53.3 cm³/mol. The van der Waals surface area contributed by atoms with Crippen molar-refractivity contribution in [2.24, 2.45) is 0 Å². The van der Waals surface area contributed by atoms with E-state index < -0.39 is 0 Å². The first-order valence-electron chi connectivity index (χ1n) is 3.61. The van der Waals surface area contributed by atoms with Crippen molar-refractivity contribution in [3.63, 3.8) is 0 Å². The molecule has 1 amide bonds. The maximum atomic E-state index is 11.5. The summed E-state index contributed by atoms with van der Waals surface area (Å²) in [5.41, 5.74) is 0.399. The lowest BCUT2D eigenvalue weighted by Crippen LogP contribution is -2.21. The number of nitrogens with zero attached hydrogens (tertiary/aromatic N) is 1. The van der Waals surface area contributed by atoms with Crippen LogP contribution in [0, 0.1) is 6.07 Å². The molecule has 0 aromatic heterocycles. The van der Waals surface area contributed by atoms with Crippen molar-refractivity contribution in [2.45, 2.75) is 0 Å². The van der Waals surface area contributed by atoms with Crippen molar-refractivity contribution in [3.05, 3.63) is 33.8 Å². The normalized spacial score (nSPS) is 9.85. The molecule has 0 heterocycles. The van der Waals surface area contributed by atoms with E-state index in [1.54, 1.807) is 26.2 Å². The summed E-state index contributed by atoms with van der Waals surface area (Å²) in [5, 5.41) is 0.525. The van der Waals surface area contributed by atoms with Gasteiger partial charge in [0, 0.05) is 20.2 Å².